The molecule has 1 N–H and O–H groups in total. The van der Waals surface area contributed by atoms with E-state index in [4.69, 9.17) is 11.6 Å². The van der Waals surface area contributed by atoms with Crippen molar-refractivity contribution in [2.24, 2.45) is 0 Å². The van der Waals surface area contributed by atoms with E-state index in [1.165, 1.54) is 5.56 Å². The van der Waals surface area contributed by atoms with Gasteiger partial charge in [-0.3, -0.25) is 9.69 Å². The van der Waals surface area contributed by atoms with Gasteiger partial charge in [0, 0.05) is 43.4 Å². The van der Waals surface area contributed by atoms with Crippen LogP contribution in [-0.2, 0) is 11.2 Å². The quantitative estimate of drug-likeness (QED) is 0.843. The molecule has 1 aliphatic heterocycles. The number of rotatable bonds is 6. The Morgan fingerprint density at radius 2 is 1.69 bits per heavy atom. The first kappa shape index (κ1) is 18.9. The van der Waals surface area contributed by atoms with E-state index in [9.17, 15) is 4.79 Å². The van der Waals surface area contributed by atoms with Crippen LogP contribution in [0.15, 0.2) is 54.6 Å². The molecule has 0 saturated carbocycles. The van der Waals surface area contributed by atoms with Gasteiger partial charge in [-0.2, -0.15) is 0 Å². The highest BCUT2D eigenvalue weighted by Gasteiger charge is 2.25. The highest BCUT2D eigenvalue weighted by atomic mass is 35.5. The zero-order valence-electron chi connectivity index (χ0n) is 15.2. The number of carbonyl (C=O) groups excluding carboxylic acids is 1. The molecule has 5 heteroatoms. The molecule has 1 amide bonds. The van der Waals surface area contributed by atoms with Crippen LogP contribution in [0.25, 0.3) is 0 Å². The predicted octanol–water partition coefficient (Wildman–Crippen LogP) is 3.53. The summed E-state index contributed by atoms with van der Waals surface area (Å²) in [6, 6.07) is 17.7. The van der Waals surface area contributed by atoms with Gasteiger partial charge in [-0.05, 0) is 43.2 Å². The molecule has 1 atom stereocenters. The van der Waals surface area contributed by atoms with Crippen molar-refractivity contribution in [3.05, 3.63) is 65.2 Å². The zero-order valence-corrected chi connectivity index (χ0v) is 16.0. The van der Waals surface area contributed by atoms with Gasteiger partial charge in [0.15, 0.2) is 0 Å². The Morgan fingerprint density at radius 3 is 2.35 bits per heavy atom. The molecule has 0 bridgehead atoms. The van der Waals surface area contributed by atoms with Crippen LogP contribution in [0.5, 0.6) is 0 Å². The van der Waals surface area contributed by atoms with Crippen LogP contribution in [0.1, 0.15) is 12.5 Å². The summed E-state index contributed by atoms with van der Waals surface area (Å²) in [6.45, 7) is 6.90. The smallest absolute Gasteiger partial charge is 0.241 e. The number of hydrogen-bond donors (Lipinski definition) is 1. The molecule has 3 rings (SSSR count). The van der Waals surface area contributed by atoms with Crippen molar-refractivity contribution in [2.45, 2.75) is 19.4 Å². The third-order valence-electron chi connectivity index (χ3n) is 5.01. The van der Waals surface area contributed by atoms with Gasteiger partial charge in [0.05, 0.1) is 6.04 Å². The van der Waals surface area contributed by atoms with Crippen LogP contribution in [0.2, 0.25) is 5.02 Å². The molecule has 1 aliphatic rings. The summed E-state index contributed by atoms with van der Waals surface area (Å²) < 4.78 is 0. The molecule has 1 saturated heterocycles. The lowest BCUT2D eigenvalue weighted by atomic mass is 10.1. The number of amides is 1. The van der Waals surface area contributed by atoms with Crippen LogP contribution in [0, 0.1) is 0 Å². The van der Waals surface area contributed by atoms with Gasteiger partial charge < -0.3 is 10.2 Å². The maximum Gasteiger partial charge on any atom is 0.241 e. The van der Waals surface area contributed by atoms with Gasteiger partial charge in [0.25, 0.3) is 0 Å². The Balaban J connectivity index is 1.43. The van der Waals surface area contributed by atoms with E-state index in [1.807, 2.05) is 19.1 Å². The number of hydrogen-bond acceptors (Lipinski definition) is 3. The van der Waals surface area contributed by atoms with Gasteiger partial charge in [0.1, 0.15) is 0 Å². The molecule has 0 radical (unpaired) electrons. The maximum absolute atomic E-state index is 12.5. The maximum atomic E-state index is 12.5. The van der Waals surface area contributed by atoms with Crippen molar-refractivity contribution < 1.29 is 4.79 Å². The van der Waals surface area contributed by atoms with E-state index in [1.54, 1.807) is 12.1 Å². The first-order chi connectivity index (χ1) is 12.6. The van der Waals surface area contributed by atoms with E-state index in [-0.39, 0.29) is 11.9 Å². The van der Waals surface area contributed by atoms with E-state index in [0.717, 1.165) is 44.8 Å². The van der Waals surface area contributed by atoms with Crippen molar-refractivity contribution in [3.63, 3.8) is 0 Å². The minimum atomic E-state index is -0.137. The van der Waals surface area contributed by atoms with Crippen LogP contribution in [-0.4, -0.2) is 54.5 Å². The fourth-order valence-corrected chi connectivity index (χ4v) is 3.38. The number of carbonyl (C=O) groups is 1. The monoisotopic (exact) mass is 371 g/mol. The molecule has 0 spiro atoms. The summed E-state index contributed by atoms with van der Waals surface area (Å²) in [5.41, 5.74) is 2.17. The topological polar surface area (TPSA) is 35.6 Å². The Kier molecular flexibility index (Phi) is 6.67. The van der Waals surface area contributed by atoms with Crippen molar-refractivity contribution in [1.29, 1.82) is 0 Å². The Bertz CT molecular complexity index is 697. The highest BCUT2D eigenvalue weighted by Crippen LogP contribution is 2.15. The average Bonchev–Trinajstić information content (AvgIpc) is 2.69. The van der Waals surface area contributed by atoms with Crippen molar-refractivity contribution in [3.8, 4) is 0 Å². The lowest BCUT2D eigenvalue weighted by molar-refractivity contribution is -0.121. The van der Waals surface area contributed by atoms with Crippen molar-refractivity contribution >= 4 is 23.2 Å². The molecule has 4 nitrogen and oxygen atoms in total. The third-order valence-corrected chi connectivity index (χ3v) is 5.26. The number of piperazine rings is 1. The SMILES string of the molecule is C[C@@H](C(=O)Nc1ccc(Cl)cc1)N1CCN(CCc2ccccc2)CC1. The number of nitrogens with zero attached hydrogens (tertiary/aromatic N) is 2. The zero-order chi connectivity index (χ0) is 18.4. The molecule has 1 fully saturated rings. The van der Waals surface area contributed by atoms with Crippen LogP contribution >= 0.6 is 11.6 Å². The van der Waals surface area contributed by atoms with Gasteiger partial charge in [-0.15, -0.1) is 0 Å². The normalized spacial score (nSPS) is 17.0. The predicted molar refractivity (Wildman–Crippen MR) is 108 cm³/mol. The van der Waals surface area contributed by atoms with Crippen LogP contribution in [0.4, 0.5) is 5.69 Å². The lowest BCUT2D eigenvalue weighted by Gasteiger charge is -2.37. The fourth-order valence-electron chi connectivity index (χ4n) is 3.25. The second-order valence-electron chi connectivity index (χ2n) is 6.79. The molecular formula is C21H26ClN3O. The molecule has 2 aromatic carbocycles. The van der Waals surface area contributed by atoms with Gasteiger partial charge in [0.2, 0.25) is 5.91 Å². The van der Waals surface area contributed by atoms with Crippen molar-refractivity contribution in [2.75, 3.05) is 38.0 Å². The fraction of sp³-hybridized carbons (Fsp3) is 0.381. The lowest BCUT2D eigenvalue weighted by Crippen LogP contribution is -2.53. The number of nitrogens with one attached hydrogen (secondary N) is 1. The van der Waals surface area contributed by atoms with Gasteiger partial charge in [-0.25, -0.2) is 0 Å². The molecular weight excluding hydrogens is 346 g/mol. The largest absolute Gasteiger partial charge is 0.325 e. The summed E-state index contributed by atoms with van der Waals surface area (Å²) in [5.74, 6) is 0.0325. The number of halogens is 1. The summed E-state index contributed by atoms with van der Waals surface area (Å²) in [7, 11) is 0. The first-order valence-corrected chi connectivity index (χ1v) is 9.56. The Labute approximate surface area is 160 Å². The molecule has 1 heterocycles. The molecule has 26 heavy (non-hydrogen) atoms. The Morgan fingerprint density at radius 1 is 1.04 bits per heavy atom. The minimum Gasteiger partial charge on any atom is -0.325 e. The molecule has 138 valence electrons. The van der Waals surface area contributed by atoms with E-state index in [2.05, 4.69) is 45.4 Å². The second kappa shape index (κ2) is 9.17. The van der Waals surface area contributed by atoms with Crippen LogP contribution < -0.4 is 5.32 Å². The highest BCUT2D eigenvalue weighted by molar-refractivity contribution is 6.30. The van der Waals surface area contributed by atoms with E-state index >= 15 is 0 Å². The second-order valence-corrected chi connectivity index (χ2v) is 7.22. The van der Waals surface area contributed by atoms with Gasteiger partial charge >= 0.3 is 0 Å². The summed E-state index contributed by atoms with van der Waals surface area (Å²) in [5, 5.41) is 3.64. The van der Waals surface area contributed by atoms with E-state index in [0.29, 0.717) is 5.02 Å². The number of benzene rings is 2. The average molecular weight is 372 g/mol. The molecule has 2 aromatic rings. The third kappa shape index (κ3) is 5.31. The van der Waals surface area contributed by atoms with E-state index < -0.39 is 0 Å². The molecule has 0 aromatic heterocycles. The van der Waals surface area contributed by atoms with Gasteiger partial charge in [-0.1, -0.05) is 41.9 Å². The number of anilines is 1. The Hall–Kier alpha value is -1.88. The first-order valence-electron chi connectivity index (χ1n) is 9.18. The summed E-state index contributed by atoms with van der Waals surface area (Å²) >= 11 is 5.89. The summed E-state index contributed by atoms with van der Waals surface area (Å²) in [4.78, 5) is 17.2. The van der Waals surface area contributed by atoms with Crippen LogP contribution in [0.3, 0.4) is 0 Å². The molecule has 0 aliphatic carbocycles. The standard InChI is InChI=1S/C21H26ClN3O/c1-17(21(26)23-20-9-7-19(22)8-10-20)25-15-13-24(14-16-25)12-11-18-5-3-2-4-6-18/h2-10,17H,11-16H2,1H3,(H,23,26)/t17-/m0/s1. The minimum absolute atomic E-state index is 0.0325. The van der Waals surface area contributed by atoms with Crippen molar-refractivity contribution in [1.82, 2.24) is 9.80 Å². The molecule has 0 unspecified atom stereocenters. The summed E-state index contributed by atoms with van der Waals surface area (Å²) in [6.07, 6.45) is 1.08.